The summed E-state index contributed by atoms with van der Waals surface area (Å²) in [6.07, 6.45) is 4.43. The fraction of sp³-hybridized carbons (Fsp3) is 0.294. The number of hydrogen-bond donors (Lipinski definition) is 3. The first-order valence-electron chi connectivity index (χ1n) is 15.3. The molecule has 0 bridgehead atoms. The van der Waals surface area contributed by atoms with Crippen molar-refractivity contribution in [3.63, 3.8) is 0 Å². The van der Waals surface area contributed by atoms with Crippen LogP contribution in [0.3, 0.4) is 0 Å². The number of amides is 2. The minimum Gasteiger partial charge on any atom is -0.378 e. The SMILES string of the molecule is CC(=O)c1c(C(=O)N2CCOCC2)[nH]c2ccc(Br)cc12.CC=N.O=C(c1[nH]c2ccc(Br)cc2c1-c1ccncn1)N1CCOCC1. The van der Waals surface area contributed by atoms with Crippen molar-refractivity contribution < 1.29 is 23.9 Å². The number of ether oxygens (including phenoxy) is 2. The van der Waals surface area contributed by atoms with Gasteiger partial charge in [0.05, 0.1) is 37.7 Å². The summed E-state index contributed by atoms with van der Waals surface area (Å²) in [5.41, 5.74) is 4.63. The molecule has 7 rings (SSSR count). The van der Waals surface area contributed by atoms with Crippen LogP contribution in [0.4, 0.5) is 0 Å². The van der Waals surface area contributed by atoms with E-state index in [0.29, 0.717) is 69.6 Å². The summed E-state index contributed by atoms with van der Waals surface area (Å²) in [5, 5.41) is 7.81. The molecule has 0 atom stereocenters. The molecule has 0 saturated carbocycles. The van der Waals surface area contributed by atoms with Crippen LogP contribution in [0.25, 0.3) is 33.1 Å². The number of morpholine rings is 2. The molecule has 12 nitrogen and oxygen atoms in total. The third-order valence-corrected chi connectivity index (χ3v) is 8.72. The van der Waals surface area contributed by atoms with Crippen LogP contribution in [0.15, 0.2) is 63.9 Å². The molecule has 0 radical (unpaired) electrons. The maximum atomic E-state index is 13.0. The number of rotatable bonds is 4. The highest BCUT2D eigenvalue weighted by Gasteiger charge is 2.27. The maximum absolute atomic E-state index is 13.0. The Bertz CT molecular complexity index is 1930. The zero-order valence-electron chi connectivity index (χ0n) is 26.5. The van der Waals surface area contributed by atoms with E-state index in [-0.39, 0.29) is 17.6 Å². The predicted octanol–water partition coefficient (Wildman–Crippen LogP) is 6.12. The fourth-order valence-corrected chi connectivity index (χ4v) is 6.29. The van der Waals surface area contributed by atoms with Gasteiger partial charge in [-0.2, -0.15) is 0 Å². The molecule has 48 heavy (non-hydrogen) atoms. The molecule has 2 amide bonds. The highest BCUT2D eigenvalue weighted by Crippen LogP contribution is 2.34. The van der Waals surface area contributed by atoms with E-state index < -0.39 is 0 Å². The first-order chi connectivity index (χ1) is 23.2. The van der Waals surface area contributed by atoms with Gasteiger partial charge in [-0.05, 0) is 62.5 Å². The molecule has 2 saturated heterocycles. The molecule has 250 valence electrons. The Morgan fingerprint density at radius 3 is 1.83 bits per heavy atom. The summed E-state index contributed by atoms with van der Waals surface area (Å²) in [5.74, 6) is -0.286. The van der Waals surface area contributed by atoms with Crippen molar-refractivity contribution in [2.24, 2.45) is 0 Å². The standard InChI is InChI=1S/C17H15BrN4O2.C15H15BrN2O3.C2H5N/c18-11-1-2-13-12(9-11)15(14-3-4-19-10-20-14)16(21-13)17(23)22-5-7-24-8-6-22;1-9(19)13-11-8-10(16)2-3-12(11)17-14(13)15(20)18-4-6-21-7-5-18;1-2-3/h1-4,9-10,21H,5-8H2;2-3,8,17H,4-7H2,1H3;2-3H,1H3. The number of aromatic nitrogens is 4. The third kappa shape index (κ3) is 7.89. The highest BCUT2D eigenvalue weighted by molar-refractivity contribution is 9.10. The quantitative estimate of drug-likeness (QED) is 0.147. The minimum atomic E-state index is -0.143. The number of H-pyrrole nitrogens is 2. The van der Waals surface area contributed by atoms with Gasteiger partial charge in [-0.15, -0.1) is 0 Å². The molecule has 5 aromatic rings. The molecule has 14 heteroatoms. The molecule has 2 aliphatic heterocycles. The van der Waals surface area contributed by atoms with Gasteiger partial charge in [0.1, 0.15) is 17.7 Å². The molecule has 5 heterocycles. The molecule has 0 unspecified atom stereocenters. The largest absolute Gasteiger partial charge is 0.378 e. The molecular weight excluding hydrogens is 746 g/mol. The Hall–Kier alpha value is -4.24. The second kappa shape index (κ2) is 16.2. The maximum Gasteiger partial charge on any atom is 0.271 e. The number of hydrogen-bond acceptors (Lipinski definition) is 8. The summed E-state index contributed by atoms with van der Waals surface area (Å²) in [7, 11) is 0. The van der Waals surface area contributed by atoms with Crippen molar-refractivity contribution in [1.29, 1.82) is 5.41 Å². The van der Waals surface area contributed by atoms with Gasteiger partial charge in [0.15, 0.2) is 5.78 Å². The van der Waals surface area contributed by atoms with Crippen LogP contribution < -0.4 is 0 Å². The van der Waals surface area contributed by atoms with E-state index >= 15 is 0 Å². The second-order valence-electron chi connectivity index (χ2n) is 10.9. The Morgan fingerprint density at radius 2 is 1.31 bits per heavy atom. The van der Waals surface area contributed by atoms with Gasteiger partial charge in [0.2, 0.25) is 0 Å². The lowest BCUT2D eigenvalue weighted by Crippen LogP contribution is -2.41. The number of nitrogens with zero attached hydrogens (tertiary/aromatic N) is 4. The molecule has 3 aromatic heterocycles. The molecule has 0 spiro atoms. The fourth-order valence-electron chi connectivity index (χ4n) is 5.57. The molecule has 2 aliphatic rings. The van der Waals surface area contributed by atoms with Crippen LogP contribution in [0.1, 0.15) is 45.2 Å². The first kappa shape index (κ1) is 35.1. The van der Waals surface area contributed by atoms with Gasteiger partial charge in [-0.3, -0.25) is 14.4 Å². The zero-order valence-corrected chi connectivity index (χ0v) is 29.7. The summed E-state index contributed by atoms with van der Waals surface area (Å²) >= 11 is 6.91. The Labute approximate surface area is 294 Å². The third-order valence-electron chi connectivity index (χ3n) is 7.74. The van der Waals surface area contributed by atoms with Gasteiger partial charge in [-0.1, -0.05) is 31.9 Å². The molecular formula is C34H35Br2N7O5. The summed E-state index contributed by atoms with van der Waals surface area (Å²) in [6.45, 7) is 7.66. The summed E-state index contributed by atoms with van der Waals surface area (Å²) < 4.78 is 12.4. The average molecular weight is 782 g/mol. The van der Waals surface area contributed by atoms with E-state index in [9.17, 15) is 14.4 Å². The second-order valence-corrected chi connectivity index (χ2v) is 12.7. The molecule has 3 N–H and O–H groups in total. The van der Waals surface area contributed by atoms with Crippen LogP contribution in [-0.4, -0.2) is 106 Å². The van der Waals surface area contributed by atoms with Gasteiger partial charge < -0.3 is 34.7 Å². The lowest BCUT2D eigenvalue weighted by atomic mass is 10.1. The zero-order chi connectivity index (χ0) is 34.2. The number of fused-ring (bicyclic) bond motifs is 2. The molecule has 2 aromatic carbocycles. The van der Waals surface area contributed by atoms with Crippen LogP contribution >= 0.6 is 31.9 Å². The van der Waals surface area contributed by atoms with Crippen molar-refractivity contribution in [3.8, 4) is 11.3 Å². The summed E-state index contributed by atoms with van der Waals surface area (Å²) in [6, 6.07) is 13.3. The van der Waals surface area contributed by atoms with Crippen molar-refractivity contribution in [3.05, 3.63) is 80.9 Å². The van der Waals surface area contributed by atoms with Crippen LogP contribution in [0, 0.1) is 5.41 Å². The predicted molar refractivity (Wildman–Crippen MR) is 191 cm³/mol. The van der Waals surface area contributed by atoms with Gasteiger partial charge in [-0.25, -0.2) is 9.97 Å². The van der Waals surface area contributed by atoms with E-state index in [2.05, 4.69) is 51.8 Å². The number of halogens is 2. The van der Waals surface area contributed by atoms with Crippen molar-refractivity contribution in [2.45, 2.75) is 13.8 Å². The number of benzene rings is 2. The Morgan fingerprint density at radius 1 is 0.812 bits per heavy atom. The van der Waals surface area contributed by atoms with Crippen LogP contribution in [0.2, 0.25) is 0 Å². The van der Waals surface area contributed by atoms with Gasteiger partial charge in [0.25, 0.3) is 11.8 Å². The monoisotopic (exact) mass is 779 g/mol. The van der Waals surface area contributed by atoms with Gasteiger partial charge >= 0.3 is 0 Å². The lowest BCUT2D eigenvalue weighted by molar-refractivity contribution is 0.0298. The number of ketones is 1. The normalized spacial score (nSPS) is 14.5. The Balaban J connectivity index is 0.000000175. The molecule has 0 aliphatic carbocycles. The lowest BCUT2D eigenvalue weighted by Gasteiger charge is -2.26. The Kier molecular flexibility index (Phi) is 11.9. The average Bonchev–Trinajstić information content (AvgIpc) is 3.68. The number of Topliss-reactive ketones (excluding diaryl/α,β-unsaturated/α-hetero) is 1. The van der Waals surface area contributed by atoms with Crippen molar-refractivity contribution >= 4 is 77.5 Å². The van der Waals surface area contributed by atoms with Crippen LogP contribution in [0.5, 0.6) is 0 Å². The summed E-state index contributed by atoms with van der Waals surface area (Å²) in [4.78, 5) is 55.9. The molecule has 2 fully saturated rings. The van der Waals surface area contributed by atoms with Crippen molar-refractivity contribution in [2.75, 3.05) is 52.6 Å². The number of nitrogens with one attached hydrogen (secondary N) is 3. The number of carbonyl (C=O) groups excluding carboxylic acids is 3. The van der Waals surface area contributed by atoms with Crippen molar-refractivity contribution in [1.82, 2.24) is 29.7 Å². The minimum absolute atomic E-state index is 0.0285. The van der Waals surface area contributed by atoms with Gasteiger partial charge in [0, 0.05) is 68.7 Å². The van der Waals surface area contributed by atoms with E-state index in [1.807, 2.05) is 47.4 Å². The topological polar surface area (TPSA) is 157 Å². The van der Waals surface area contributed by atoms with E-state index in [1.165, 1.54) is 19.5 Å². The van der Waals surface area contributed by atoms with E-state index in [4.69, 9.17) is 14.9 Å². The van der Waals surface area contributed by atoms with Crippen LogP contribution in [-0.2, 0) is 9.47 Å². The first-order valence-corrected chi connectivity index (χ1v) is 16.9. The van der Waals surface area contributed by atoms with E-state index in [1.54, 1.807) is 18.0 Å². The number of aromatic amines is 2. The number of carbonyl (C=O) groups is 3. The highest BCUT2D eigenvalue weighted by atomic mass is 79.9. The van der Waals surface area contributed by atoms with E-state index in [0.717, 1.165) is 42.0 Å². The smallest absolute Gasteiger partial charge is 0.271 e.